The summed E-state index contributed by atoms with van der Waals surface area (Å²) >= 11 is -1.39. The number of hydrogen-bond donors (Lipinski definition) is 0. The summed E-state index contributed by atoms with van der Waals surface area (Å²) in [4.78, 5) is 0. The van der Waals surface area contributed by atoms with Crippen molar-refractivity contribution < 1.29 is 17.7 Å². The summed E-state index contributed by atoms with van der Waals surface area (Å²) in [5, 5.41) is 3.79. The van der Waals surface area contributed by atoms with Gasteiger partial charge in [-0.15, -0.1) is 0 Å². The van der Waals surface area contributed by atoms with Crippen LogP contribution in [-0.4, -0.2) is 31.5 Å². The first-order valence-corrected chi connectivity index (χ1v) is 6.74. The van der Waals surface area contributed by atoms with Gasteiger partial charge in [0.25, 0.3) is 0 Å². The zero-order chi connectivity index (χ0) is 14.7. The van der Waals surface area contributed by atoms with Crippen LogP contribution >= 0.6 is 0 Å². The number of alkyl halides is 3. The highest BCUT2D eigenvalue weighted by Crippen LogP contribution is 2.20. The van der Waals surface area contributed by atoms with Crippen molar-refractivity contribution in [2.75, 3.05) is 0 Å². The Balaban J connectivity index is 2.58. The molecule has 1 unspecified atom stereocenters. The molecule has 1 atom stereocenters. The number of rotatable bonds is 4. The van der Waals surface area contributed by atoms with Crippen molar-refractivity contribution in [2.24, 2.45) is 4.40 Å². The normalized spacial score (nSPS) is 15.1. The van der Waals surface area contributed by atoms with Gasteiger partial charge >= 0.3 is 6.18 Å². The van der Waals surface area contributed by atoms with E-state index in [0.717, 1.165) is 0 Å². The molecule has 0 spiro atoms. The molecule has 1 aromatic rings. The lowest BCUT2D eigenvalue weighted by Crippen LogP contribution is -2.25. The molecule has 0 aromatic carbocycles. The molecule has 108 valence electrons. The molecule has 1 aromatic heterocycles. The molecule has 0 fully saturated rings. The van der Waals surface area contributed by atoms with Crippen molar-refractivity contribution >= 4 is 17.6 Å². The SMILES string of the molecule is CC(C)(C)[S+]([O-])/N=C/c1cnn(CCC(F)(F)F)c1. The lowest BCUT2D eigenvalue weighted by molar-refractivity contribution is -0.137. The Morgan fingerprint density at radius 2 is 2.05 bits per heavy atom. The highest BCUT2D eigenvalue weighted by molar-refractivity contribution is 7.91. The molecule has 0 N–H and O–H groups in total. The molecule has 0 bridgehead atoms. The standard InChI is InChI=1S/C11H16F3N3OS/c1-10(2,3)19(18)16-7-9-6-15-17(8-9)5-4-11(12,13)14/h6-8H,4-5H2,1-3H3/b16-7+. The van der Waals surface area contributed by atoms with E-state index in [2.05, 4.69) is 9.50 Å². The Hall–Kier alpha value is -1.02. The summed E-state index contributed by atoms with van der Waals surface area (Å²) < 4.78 is 52.3. The van der Waals surface area contributed by atoms with Crippen LogP contribution in [0.2, 0.25) is 0 Å². The van der Waals surface area contributed by atoms with Gasteiger partial charge in [0.05, 0.1) is 18.8 Å². The lowest BCUT2D eigenvalue weighted by Gasteiger charge is -2.17. The molecular formula is C11H16F3N3OS. The highest BCUT2D eigenvalue weighted by atomic mass is 32.2. The fourth-order valence-corrected chi connectivity index (χ4v) is 1.61. The molecule has 0 radical (unpaired) electrons. The van der Waals surface area contributed by atoms with Gasteiger partial charge in [0, 0.05) is 18.3 Å². The average molecular weight is 295 g/mol. The van der Waals surface area contributed by atoms with Crippen LogP contribution in [-0.2, 0) is 17.9 Å². The van der Waals surface area contributed by atoms with Crippen LogP contribution < -0.4 is 0 Å². The first-order valence-electron chi connectivity index (χ1n) is 5.63. The first kappa shape index (κ1) is 16.0. The van der Waals surface area contributed by atoms with Crippen molar-refractivity contribution in [3.8, 4) is 0 Å². The van der Waals surface area contributed by atoms with E-state index in [9.17, 15) is 17.7 Å². The Morgan fingerprint density at radius 3 is 2.58 bits per heavy atom. The van der Waals surface area contributed by atoms with E-state index in [1.54, 1.807) is 20.8 Å². The van der Waals surface area contributed by atoms with E-state index in [1.165, 1.54) is 23.3 Å². The molecule has 1 heterocycles. The van der Waals surface area contributed by atoms with Gasteiger partial charge in [-0.2, -0.15) is 18.3 Å². The first-order chi connectivity index (χ1) is 8.58. The molecule has 4 nitrogen and oxygen atoms in total. The van der Waals surface area contributed by atoms with Crippen molar-refractivity contribution in [1.29, 1.82) is 0 Å². The second-order valence-electron chi connectivity index (χ2n) is 5.00. The number of hydrogen-bond acceptors (Lipinski definition) is 3. The predicted octanol–water partition coefficient (Wildman–Crippen LogP) is 2.72. The summed E-state index contributed by atoms with van der Waals surface area (Å²) in [7, 11) is 0. The summed E-state index contributed by atoms with van der Waals surface area (Å²) in [5.74, 6) is 0. The zero-order valence-corrected chi connectivity index (χ0v) is 11.8. The molecule has 0 aliphatic carbocycles. The summed E-state index contributed by atoms with van der Waals surface area (Å²) in [6, 6.07) is 0. The van der Waals surface area contributed by atoms with Gasteiger partial charge in [0.15, 0.2) is 0 Å². The maximum absolute atomic E-state index is 12.0. The fourth-order valence-electron chi connectivity index (χ4n) is 1.08. The highest BCUT2D eigenvalue weighted by Gasteiger charge is 2.27. The van der Waals surface area contributed by atoms with Crippen LogP contribution in [0.5, 0.6) is 0 Å². The smallest absolute Gasteiger partial charge is 0.390 e. The monoisotopic (exact) mass is 295 g/mol. The molecule has 8 heteroatoms. The van der Waals surface area contributed by atoms with Crippen molar-refractivity contribution in [2.45, 2.75) is 44.7 Å². The van der Waals surface area contributed by atoms with Gasteiger partial charge in [0.1, 0.15) is 16.1 Å². The summed E-state index contributed by atoms with van der Waals surface area (Å²) in [6.45, 7) is 5.12. The minimum Gasteiger partial charge on any atom is -0.591 e. The third-order valence-electron chi connectivity index (χ3n) is 2.10. The van der Waals surface area contributed by atoms with Gasteiger partial charge in [-0.25, -0.2) is 0 Å². The minimum absolute atomic E-state index is 0.236. The van der Waals surface area contributed by atoms with Gasteiger partial charge in [-0.05, 0) is 20.8 Å². The quantitative estimate of drug-likeness (QED) is 0.633. The van der Waals surface area contributed by atoms with E-state index in [0.29, 0.717) is 5.56 Å². The van der Waals surface area contributed by atoms with Gasteiger partial charge < -0.3 is 4.55 Å². The number of aromatic nitrogens is 2. The van der Waals surface area contributed by atoms with Gasteiger partial charge in [-0.3, -0.25) is 4.68 Å². The van der Waals surface area contributed by atoms with Crippen molar-refractivity contribution in [1.82, 2.24) is 9.78 Å². The topological polar surface area (TPSA) is 53.2 Å². The number of aryl methyl sites for hydroxylation is 1. The molecule has 0 aliphatic rings. The molecule has 0 saturated heterocycles. The second kappa shape index (κ2) is 5.96. The molecule has 19 heavy (non-hydrogen) atoms. The maximum Gasteiger partial charge on any atom is 0.390 e. The molecule has 0 amide bonds. The molecule has 0 saturated carbocycles. The van der Waals surface area contributed by atoms with Crippen LogP contribution in [0.1, 0.15) is 32.8 Å². The van der Waals surface area contributed by atoms with Crippen LogP contribution in [0.15, 0.2) is 16.8 Å². The third-order valence-corrected chi connectivity index (χ3v) is 3.44. The Labute approximate surface area is 113 Å². The van der Waals surface area contributed by atoms with E-state index in [1.807, 2.05) is 0 Å². The van der Waals surface area contributed by atoms with Crippen LogP contribution in [0.3, 0.4) is 0 Å². The van der Waals surface area contributed by atoms with Crippen LogP contribution in [0, 0.1) is 0 Å². The van der Waals surface area contributed by atoms with E-state index in [-0.39, 0.29) is 6.54 Å². The fraction of sp³-hybridized carbons (Fsp3) is 0.636. The lowest BCUT2D eigenvalue weighted by atomic mass is 10.3. The summed E-state index contributed by atoms with van der Waals surface area (Å²) in [5.41, 5.74) is 0.528. The Kier molecular flexibility index (Phi) is 5.03. The Bertz CT molecular complexity index is 437. The van der Waals surface area contributed by atoms with E-state index < -0.39 is 28.7 Å². The molecule has 0 aliphatic heterocycles. The van der Waals surface area contributed by atoms with E-state index >= 15 is 0 Å². The predicted molar refractivity (Wildman–Crippen MR) is 68.4 cm³/mol. The van der Waals surface area contributed by atoms with Crippen LogP contribution in [0.25, 0.3) is 0 Å². The number of nitrogens with zero attached hydrogens (tertiary/aromatic N) is 3. The van der Waals surface area contributed by atoms with Gasteiger partial charge in [-0.1, -0.05) is 4.40 Å². The van der Waals surface area contributed by atoms with Crippen LogP contribution in [0.4, 0.5) is 13.2 Å². The molecular weight excluding hydrogens is 279 g/mol. The van der Waals surface area contributed by atoms with Crippen molar-refractivity contribution in [3.05, 3.63) is 18.0 Å². The minimum atomic E-state index is -4.20. The third kappa shape index (κ3) is 6.11. The largest absolute Gasteiger partial charge is 0.591 e. The Morgan fingerprint density at radius 1 is 1.42 bits per heavy atom. The number of halogens is 3. The maximum atomic E-state index is 12.0. The average Bonchev–Trinajstić information content (AvgIpc) is 2.68. The second-order valence-corrected chi connectivity index (χ2v) is 6.93. The van der Waals surface area contributed by atoms with Crippen molar-refractivity contribution in [3.63, 3.8) is 0 Å². The van der Waals surface area contributed by atoms with E-state index in [4.69, 9.17) is 0 Å². The zero-order valence-electron chi connectivity index (χ0n) is 10.9. The summed E-state index contributed by atoms with van der Waals surface area (Å²) in [6.07, 6.45) is -0.944. The molecule has 1 rings (SSSR count). The van der Waals surface area contributed by atoms with Gasteiger partial charge in [0.2, 0.25) is 0 Å².